The topological polar surface area (TPSA) is 85.1 Å². The molecule has 0 atom stereocenters. The van der Waals surface area contributed by atoms with E-state index in [9.17, 15) is 8.42 Å². The largest absolute Gasteiger partial charge is 0.384 e. The monoisotopic (exact) mass is 303 g/mol. The summed E-state index contributed by atoms with van der Waals surface area (Å²) in [4.78, 5) is 4.68. The fraction of sp³-hybridized carbons (Fsp3) is 0.100. The molecule has 0 aliphatic carbocycles. The van der Waals surface area contributed by atoms with Crippen LogP contribution in [0.5, 0.6) is 0 Å². The van der Waals surface area contributed by atoms with Gasteiger partial charge in [0, 0.05) is 23.7 Å². The molecule has 0 aliphatic rings. The molecular weight excluding hydrogens is 294 g/mol. The highest BCUT2D eigenvalue weighted by molar-refractivity contribution is 7.89. The van der Waals surface area contributed by atoms with Crippen molar-refractivity contribution in [2.75, 3.05) is 5.73 Å². The van der Waals surface area contributed by atoms with Crippen molar-refractivity contribution in [1.82, 2.24) is 9.71 Å². The quantitative estimate of drug-likeness (QED) is 0.903. The van der Waals surface area contributed by atoms with Crippen LogP contribution >= 0.6 is 22.9 Å². The third kappa shape index (κ3) is 3.20. The lowest BCUT2D eigenvalue weighted by atomic mass is 10.5. The van der Waals surface area contributed by atoms with Crippen LogP contribution in [0.4, 0.5) is 5.82 Å². The number of nitrogens with one attached hydrogen (secondary N) is 1. The van der Waals surface area contributed by atoms with E-state index < -0.39 is 10.0 Å². The molecule has 0 unspecified atom stereocenters. The normalized spacial score (nSPS) is 11.6. The second-order valence-corrected chi connectivity index (χ2v) is 7.01. The molecule has 0 saturated carbocycles. The average molecular weight is 304 g/mol. The maximum Gasteiger partial charge on any atom is 0.241 e. The number of aromatic nitrogens is 1. The van der Waals surface area contributed by atoms with Gasteiger partial charge in [-0.2, -0.15) is 0 Å². The maximum absolute atomic E-state index is 11.9. The van der Waals surface area contributed by atoms with Crippen LogP contribution in [0.1, 0.15) is 4.88 Å². The number of thiophene rings is 1. The van der Waals surface area contributed by atoms with Crippen molar-refractivity contribution in [2.45, 2.75) is 11.4 Å². The number of hydrogen-bond donors (Lipinski definition) is 2. The molecule has 0 bridgehead atoms. The smallest absolute Gasteiger partial charge is 0.241 e. The van der Waals surface area contributed by atoms with Crippen molar-refractivity contribution in [3.8, 4) is 0 Å². The van der Waals surface area contributed by atoms with Gasteiger partial charge in [0.1, 0.15) is 5.82 Å². The highest BCUT2D eigenvalue weighted by atomic mass is 35.5. The number of pyridine rings is 1. The number of sulfonamides is 1. The van der Waals surface area contributed by atoms with Gasteiger partial charge >= 0.3 is 0 Å². The van der Waals surface area contributed by atoms with E-state index in [1.165, 1.54) is 29.7 Å². The van der Waals surface area contributed by atoms with Gasteiger partial charge in [0.05, 0.1) is 9.23 Å². The lowest BCUT2D eigenvalue weighted by Crippen LogP contribution is -2.23. The first-order chi connectivity index (χ1) is 8.47. The molecule has 0 radical (unpaired) electrons. The summed E-state index contributed by atoms with van der Waals surface area (Å²) in [6.07, 6.45) is 1.35. The number of anilines is 1. The number of hydrogen-bond acceptors (Lipinski definition) is 5. The molecule has 5 nitrogen and oxygen atoms in total. The standard InChI is InChI=1S/C10H10ClN3O2S2/c11-9-2-1-7(17-9)6-14-18(15,16)8-3-4-13-10(12)5-8/h1-5,14H,6H2,(H2,12,13). The Morgan fingerprint density at radius 2 is 2.17 bits per heavy atom. The summed E-state index contributed by atoms with van der Waals surface area (Å²) in [7, 11) is -3.58. The van der Waals surface area contributed by atoms with E-state index in [1.54, 1.807) is 12.1 Å². The molecule has 2 aromatic rings. The number of halogens is 1. The predicted molar refractivity (Wildman–Crippen MR) is 72.0 cm³/mol. The highest BCUT2D eigenvalue weighted by Gasteiger charge is 2.14. The summed E-state index contributed by atoms with van der Waals surface area (Å²) in [5.74, 6) is 0.164. The van der Waals surface area contributed by atoms with Crippen molar-refractivity contribution in [2.24, 2.45) is 0 Å². The Morgan fingerprint density at radius 1 is 1.39 bits per heavy atom. The molecule has 8 heteroatoms. The molecule has 3 N–H and O–H groups in total. The Morgan fingerprint density at radius 3 is 2.78 bits per heavy atom. The van der Waals surface area contributed by atoms with Gasteiger partial charge < -0.3 is 5.73 Å². The third-order valence-corrected chi connectivity index (χ3v) is 4.76. The fourth-order valence-electron chi connectivity index (χ4n) is 1.29. The fourth-order valence-corrected chi connectivity index (χ4v) is 3.44. The highest BCUT2D eigenvalue weighted by Crippen LogP contribution is 2.21. The zero-order valence-electron chi connectivity index (χ0n) is 9.13. The van der Waals surface area contributed by atoms with E-state index in [1.807, 2.05) is 0 Å². The molecule has 2 heterocycles. The van der Waals surface area contributed by atoms with Gasteiger partial charge in [0.25, 0.3) is 0 Å². The van der Waals surface area contributed by atoms with E-state index in [0.29, 0.717) is 4.34 Å². The minimum Gasteiger partial charge on any atom is -0.384 e. The van der Waals surface area contributed by atoms with Crippen LogP contribution in [-0.2, 0) is 16.6 Å². The van der Waals surface area contributed by atoms with Gasteiger partial charge in [-0.15, -0.1) is 11.3 Å². The predicted octanol–water partition coefficient (Wildman–Crippen LogP) is 1.86. The average Bonchev–Trinajstić information content (AvgIpc) is 2.73. The molecular formula is C10H10ClN3O2S2. The molecule has 96 valence electrons. The minimum absolute atomic E-state index is 0.0950. The zero-order valence-corrected chi connectivity index (χ0v) is 11.5. The number of nitrogens with zero attached hydrogens (tertiary/aromatic N) is 1. The minimum atomic E-state index is -3.58. The first-order valence-corrected chi connectivity index (χ1v) is 7.60. The Kier molecular flexibility index (Phi) is 3.86. The van der Waals surface area contributed by atoms with Crippen LogP contribution in [0.3, 0.4) is 0 Å². The van der Waals surface area contributed by atoms with E-state index in [-0.39, 0.29) is 17.3 Å². The maximum atomic E-state index is 11.9. The van der Waals surface area contributed by atoms with Crippen molar-refractivity contribution in [1.29, 1.82) is 0 Å². The number of nitrogens with two attached hydrogens (primary N) is 1. The van der Waals surface area contributed by atoms with E-state index >= 15 is 0 Å². The number of rotatable bonds is 4. The molecule has 2 aromatic heterocycles. The summed E-state index contributed by atoms with van der Waals surface area (Å²) in [6.45, 7) is 0.196. The molecule has 0 fully saturated rings. The van der Waals surface area contributed by atoms with Gasteiger partial charge in [0.2, 0.25) is 10.0 Å². The Labute approximate surface area is 114 Å². The van der Waals surface area contributed by atoms with E-state index in [2.05, 4.69) is 9.71 Å². The summed E-state index contributed by atoms with van der Waals surface area (Å²) >= 11 is 7.09. The Hall–Kier alpha value is -1.15. The first-order valence-electron chi connectivity index (χ1n) is 4.93. The molecule has 0 aromatic carbocycles. The van der Waals surface area contributed by atoms with Gasteiger partial charge in [0.15, 0.2) is 0 Å². The van der Waals surface area contributed by atoms with Gasteiger partial charge in [-0.3, -0.25) is 0 Å². The van der Waals surface area contributed by atoms with Crippen LogP contribution in [0, 0.1) is 0 Å². The molecule has 2 rings (SSSR count). The summed E-state index contributed by atoms with van der Waals surface area (Å²) in [5, 5.41) is 0. The SMILES string of the molecule is Nc1cc(S(=O)(=O)NCc2ccc(Cl)s2)ccn1. The lowest BCUT2D eigenvalue weighted by Gasteiger charge is -2.05. The lowest BCUT2D eigenvalue weighted by molar-refractivity contribution is 0.581. The second-order valence-electron chi connectivity index (χ2n) is 3.45. The third-order valence-electron chi connectivity index (χ3n) is 2.13. The zero-order chi connectivity index (χ0) is 13.2. The van der Waals surface area contributed by atoms with Crippen molar-refractivity contribution in [3.05, 3.63) is 39.7 Å². The first kappa shape index (κ1) is 13.3. The van der Waals surface area contributed by atoms with E-state index in [4.69, 9.17) is 17.3 Å². The van der Waals surface area contributed by atoms with Crippen molar-refractivity contribution < 1.29 is 8.42 Å². The van der Waals surface area contributed by atoms with Crippen molar-refractivity contribution in [3.63, 3.8) is 0 Å². The van der Waals surface area contributed by atoms with Crippen LogP contribution in [0.15, 0.2) is 35.4 Å². The summed E-state index contributed by atoms with van der Waals surface area (Å²) in [5.41, 5.74) is 5.45. The van der Waals surface area contributed by atoms with Crippen molar-refractivity contribution >= 4 is 38.8 Å². The molecule has 0 spiro atoms. The Balaban J connectivity index is 2.13. The summed E-state index contributed by atoms with van der Waals surface area (Å²) in [6, 6.07) is 6.19. The van der Waals surface area contributed by atoms with Crippen LogP contribution < -0.4 is 10.5 Å². The molecule has 0 saturated heterocycles. The van der Waals surface area contributed by atoms with Gasteiger partial charge in [-0.25, -0.2) is 18.1 Å². The number of nitrogen functional groups attached to an aromatic ring is 1. The van der Waals surface area contributed by atoms with Gasteiger partial charge in [-0.1, -0.05) is 11.6 Å². The van der Waals surface area contributed by atoms with Crippen LogP contribution in [0.25, 0.3) is 0 Å². The van der Waals surface area contributed by atoms with E-state index in [0.717, 1.165) is 4.88 Å². The van der Waals surface area contributed by atoms with Crippen LogP contribution in [0.2, 0.25) is 4.34 Å². The second kappa shape index (κ2) is 5.23. The Bertz CT molecular complexity index is 655. The summed E-state index contributed by atoms with van der Waals surface area (Å²) < 4.78 is 27.0. The molecule has 0 aliphatic heterocycles. The van der Waals surface area contributed by atoms with Gasteiger partial charge in [-0.05, 0) is 18.2 Å². The molecule has 18 heavy (non-hydrogen) atoms. The molecule has 0 amide bonds. The van der Waals surface area contributed by atoms with Crippen LogP contribution in [-0.4, -0.2) is 13.4 Å².